The summed E-state index contributed by atoms with van der Waals surface area (Å²) < 4.78 is 61.9. The van der Waals surface area contributed by atoms with Crippen LogP contribution in [0.25, 0.3) is 5.69 Å². The topological polar surface area (TPSA) is 85.7 Å². The number of alkyl halides is 3. The fourth-order valence-electron chi connectivity index (χ4n) is 3.51. The van der Waals surface area contributed by atoms with Gasteiger partial charge in [0.1, 0.15) is 11.4 Å². The highest BCUT2D eigenvalue weighted by atomic mass is 19.4. The van der Waals surface area contributed by atoms with E-state index in [2.05, 4.69) is 15.0 Å². The predicted molar refractivity (Wildman–Crippen MR) is 119 cm³/mol. The predicted octanol–water partition coefficient (Wildman–Crippen LogP) is 3.40. The fourth-order valence-corrected chi connectivity index (χ4v) is 3.51. The van der Waals surface area contributed by atoms with E-state index < -0.39 is 30.1 Å². The maximum absolute atomic E-state index is 14.0. The van der Waals surface area contributed by atoms with Gasteiger partial charge in [-0.1, -0.05) is 0 Å². The van der Waals surface area contributed by atoms with Crippen LogP contribution in [0.2, 0.25) is 0 Å². The lowest BCUT2D eigenvalue weighted by Crippen LogP contribution is -2.37. The third-order valence-corrected chi connectivity index (χ3v) is 5.12. The van der Waals surface area contributed by atoms with Gasteiger partial charge in [0.25, 0.3) is 11.5 Å². The van der Waals surface area contributed by atoms with Crippen molar-refractivity contribution >= 4 is 17.3 Å². The smallest absolute Gasteiger partial charge is 0.422 e. The summed E-state index contributed by atoms with van der Waals surface area (Å²) in [6, 6.07) is 9.33. The van der Waals surface area contributed by atoms with Crippen molar-refractivity contribution < 1.29 is 31.8 Å². The van der Waals surface area contributed by atoms with Crippen LogP contribution in [-0.2, 0) is 4.74 Å². The lowest BCUT2D eigenvalue weighted by Gasteiger charge is -2.30. The lowest BCUT2D eigenvalue weighted by molar-refractivity contribution is -0.154. The van der Waals surface area contributed by atoms with Crippen molar-refractivity contribution in [2.24, 2.45) is 0 Å². The molecule has 0 saturated carbocycles. The van der Waals surface area contributed by atoms with Gasteiger partial charge in [-0.25, -0.2) is 9.37 Å². The minimum Gasteiger partial charge on any atom is -0.468 e. The number of halogens is 4. The average Bonchev–Trinajstić information content (AvgIpc) is 2.84. The van der Waals surface area contributed by atoms with Gasteiger partial charge in [-0.15, -0.1) is 0 Å². The number of anilines is 2. The molecule has 0 bridgehead atoms. The number of benzene rings is 1. The Morgan fingerprint density at radius 3 is 2.57 bits per heavy atom. The van der Waals surface area contributed by atoms with E-state index in [-0.39, 0.29) is 17.1 Å². The van der Waals surface area contributed by atoms with Crippen molar-refractivity contribution in [2.45, 2.75) is 6.18 Å². The largest absolute Gasteiger partial charge is 0.468 e. The molecule has 0 radical (unpaired) electrons. The molecule has 12 heteroatoms. The number of rotatable bonds is 6. The Labute approximate surface area is 196 Å². The second kappa shape index (κ2) is 10.1. The zero-order valence-corrected chi connectivity index (χ0v) is 18.2. The SMILES string of the molecule is O=C(Nc1ccc(OCC(F)(F)F)nc1)c1cccn(-c2ccc(F)cc2N2CCOCC2)c1=O. The molecule has 1 amide bonds. The molecule has 1 saturated heterocycles. The maximum Gasteiger partial charge on any atom is 0.422 e. The summed E-state index contributed by atoms with van der Waals surface area (Å²) in [7, 11) is 0. The van der Waals surface area contributed by atoms with E-state index in [4.69, 9.17) is 4.74 Å². The van der Waals surface area contributed by atoms with E-state index in [9.17, 15) is 27.2 Å². The van der Waals surface area contributed by atoms with Crippen molar-refractivity contribution in [3.63, 3.8) is 0 Å². The molecule has 1 N–H and O–H groups in total. The van der Waals surface area contributed by atoms with Gasteiger partial charge in [0.05, 0.1) is 36.5 Å². The zero-order valence-electron chi connectivity index (χ0n) is 18.2. The second-order valence-electron chi connectivity index (χ2n) is 7.57. The first kappa shape index (κ1) is 24.2. The number of hydrogen-bond donors (Lipinski definition) is 1. The van der Waals surface area contributed by atoms with E-state index in [0.29, 0.717) is 37.7 Å². The molecule has 1 aromatic carbocycles. The number of ether oxygens (including phenoxy) is 2. The summed E-state index contributed by atoms with van der Waals surface area (Å²) in [6.07, 6.45) is -1.92. The Bertz CT molecular complexity index is 1260. The molecule has 8 nitrogen and oxygen atoms in total. The molecule has 0 spiro atoms. The number of pyridine rings is 2. The highest BCUT2D eigenvalue weighted by Crippen LogP contribution is 2.26. The number of nitrogens with one attached hydrogen (secondary N) is 1. The normalized spacial score (nSPS) is 14.0. The average molecular weight is 492 g/mol. The molecule has 184 valence electrons. The first-order valence-electron chi connectivity index (χ1n) is 10.5. The molecule has 1 aliphatic heterocycles. The van der Waals surface area contributed by atoms with Crippen LogP contribution in [0.5, 0.6) is 5.88 Å². The summed E-state index contributed by atoms with van der Waals surface area (Å²) in [4.78, 5) is 31.6. The number of hydrogen-bond acceptors (Lipinski definition) is 6. The van der Waals surface area contributed by atoms with Crippen LogP contribution < -0.4 is 20.5 Å². The minimum absolute atomic E-state index is 0.153. The molecule has 1 aliphatic rings. The maximum atomic E-state index is 14.0. The number of amides is 1. The van der Waals surface area contributed by atoms with Gasteiger partial charge in [0.15, 0.2) is 6.61 Å². The van der Waals surface area contributed by atoms with Gasteiger partial charge in [0, 0.05) is 25.4 Å². The monoisotopic (exact) mass is 492 g/mol. The number of carbonyl (C=O) groups excluding carboxylic acids is 1. The van der Waals surface area contributed by atoms with Gasteiger partial charge in [-0.2, -0.15) is 13.2 Å². The van der Waals surface area contributed by atoms with Gasteiger partial charge >= 0.3 is 6.18 Å². The molecule has 3 heterocycles. The van der Waals surface area contributed by atoms with Crippen molar-refractivity contribution in [3.8, 4) is 11.6 Å². The van der Waals surface area contributed by atoms with Crippen LogP contribution in [-0.4, -0.2) is 54.5 Å². The minimum atomic E-state index is -4.51. The van der Waals surface area contributed by atoms with E-state index in [1.807, 2.05) is 4.90 Å². The number of carbonyl (C=O) groups is 1. The fraction of sp³-hybridized carbons (Fsp3) is 0.261. The zero-order chi connectivity index (χ0) is 25.0. The molecular weight excluding hydrogens is 472 g/mol. The van der Waals surface area contributed by atoms with Gasteiger partial charge < -0.3 is 19.7 Å². The molecule has 2 aromatic heterocycles. The van der Waals surface area contributed by atoms with Crippen molar-refractivity contribution in [1.82, 2.24) is 9.55 Å². The summed E-state index contributed by atoms with van der Waals surface area (Å²) in [5.41, 5.74) is 0.221. The Morgan fingerprint density at radius 2 is 1.89 bits per heavy atom. The Morgan fingerprint density at radius 1 is 1.11 bits per heavy atom. The molecule has 3 aromatic rings. The lowest BCUT2D eigenvalue weighted by atomic mass is 10.2. The third-order valence-electron chi connectivity index (χ3n) is 5.12. The molecule has 1 fully saturated rings. The van der Waals surface area contributed by atoms with Crippen molar-refractivity contribution in [2.75, 3.05) is 43.1 Å². The van der Waals surface area contributed by atoms with E-state index in [1.165, 1.54) is 47.2 Å². The Kier molecular flexibility index (Phi) is 7.01. The molecule has 0 aliphatic carbocycles. The first-order chi connectivity index (χ1) is 16.7. The van der Waals surface area contributed by atoms with Crippen LogP contribution in [0.3, 0.4) is 0 Å². The van der Waals surface area contributed by atoms with E-state index >= 15 is 0 Å². The van der Waals surface area contributed by atoms with Gasteiger partial charge in [0.2, 0.25) is 5.88 Å². The number of morpholine rings is 1. The van der Waals surface area contributed by atoms with Gasteiger partial charge in [-0.05, 0) is 36.4 Å². The Hall–Kier alpha value is -3.93. The number of nitrogens with zero attached hydrogens (tertiary/aromatic N) is 3. The van der Waals surface area contributed by atoms with E-state index in [1.54, 1.807) is 0 Å². The quantitative estimate of drug-likeness (QED) is 0.531. The highest BCUT2D eigenvalue weighted by Gasteiger charge is 2.28. The van der Waals surface area contributed by atoms with Crippen LogP contribution in [0, 0.1) is 5.82 Å². The third kappa shape index (κ3) is 5.96. The van der Waals surface area contributed by atoms with Gasteiger partial charge in [-0.3, -0.25) is 14.2 Å². The number of aromatic nitrogens is 2. The summed E-state index contributed by atoms with van der Waals surface area (Å²) in [6.45, 7) is 0.454. The van der Waals surface area contributed by atoms with Crippen LogP contribution in [0.1, 0.15) is 10.4 Å². The Balaban J connectivity index is 1.56. The van der Waals surface area contributed by atoms with Crippen LogP contribution in [0.15, 0.2) is 59.7 Å². The summed E-state index contributed by atoms with van der Waals surface area (Å²) in [5.74, 6) is -1.48. The van der Waals surface area contributed by atoms with Crippen LogP contribution in [0.4, 0.5) is 28.9 Å². The molecule has 0 unspecified atom stereocenters. The first-order valence-corrected chi connectivity index (χ1v) is 10.5. The molecule has 0 atom stereocenters. The second-order valence-corrected chi connectivity index (χ2v) is 7.57. The van der Waals surface area contributed by atoms with Crippen LogP contribution >= 0.6 is 0 Å². The molecule has 4 rings (SSSR count). The van der Waals surface area contributed by atoms with Crippen molar-refractivity contribution in [3.05, 3.63) is 76.6 Å². The molecule has 35 heavy (non-hydrogen) atoms. The highest BCUT2D eigenvalue weighted by molar-refractivity contribution is 6.04. The summed E-state index contributed by atoms with van der Waals surface area (Å²) >= 11 is 0. The molecular formula is C23H20F4N4O4. The van der Waals surface area contributed by atoms with Crippen molar-refractivity contribution in [1.29, 1.82) is 0 Å². The summed E-state index contributed by atoms with van der Waals surface area (Å²) in [5, 5.41) is 2.48. The standard InChI is InChI=1S/C23H20F4N4O4/c24-15-3-5-18(19(12-15)30-8-10-34-11-9-30)31-7-1-2-17(22(31)33)21(32)29-16-4-6-20(28-13-16)35-14-23(25,26)27/h1-7,12-13H,8-11,14H2,(H,29,32). The van der Waals surface area contributed by atoms with E-state index in [0.717, 1.165) is 12.3 Å².